The molecule has 4 nitrogen and oxygen atoms in total. The second-order valence-corrected chi connectivity index (χ2v) is 4.13. The predicted octanol–water partition coefficient (Wildman–Crippen LogP) is 0.211. The maximum absolute atomic E-state index is 11.9. The third-order valence-electron chi connectivity index (χ3n) is 3.51. The molecule has 2 aliphatic rings. The Labute approximate surface area is 83.2 Å². The number of piperidine rings is 1. The van der Waals surface area contributed by atoms with Crippen LogP contribution in [-0.2, 0) is 14.3 Å². The number of hydrogen-bond acceptors (Lipinski definition) is 4. The zero-order valence-electron chi connectivity index (χ0n) is 8.53. The van der Waals surface area contributed by atoms with E-state index in [4.69, 9.17) is 0 Å². The van der Waals surface area contributed by atoms with Gasteiger partial charge in [0.1, 0.15) is 5.92 Å². The van der Waals surface area contributed by atoms with Crippen molar-refractivity contribution in [3.8, 4) is 0 Å². The standard InChI is InChI=1S/C10H15NO3/c1-11-6-3-4-8(11)9(12)7(5-6)10(13)14-2/h6-8H,3-5H2,1-2H3. The fourth-order valence-electron chi connectivity index (χ4n) is 2.61. The Kier molecular flexibility index (Phi) is 2.31. The first-order valence-corrected chi connectivity index (χ1v) is 4.98. The lowest BCUT2D eigenvalue weighted by molar-refractivity contribution is -0.153. The first-order chi connectivity index (χ1) is 6.65. The van der Waals surface area contributed by atoms with Crippen molar-refractivity contribution in [1.82, 2.24) is 4.90 Å². The van der Waals surface area contributed by atoms with Crippen molar-refractivity contribution in [2.45, 2.75) is 31.3 Å². The van der Waals surface area contributed by atoms with Gasteiger partial charge in [-0.3, -0.25) is 14.5 Å². The van der Waals surface area contributed by atoms with Crippen molar-refractivity contribution in [2.24, 2.45) is 5.92 Å². The van der Waals surface area contributed by atoms with Gasteiger partial charge in [-0.1, -0.05) is 0 Å². The number of rotatable bonds is 1. The molecule has 0 aliphatic carbocycles. The van der Waals surface area contributed by atoms with Gasteiger partial charge in [-0.15, -0.1) is 0 Å². The Morgan fingerprint density at radius 2 is 2.21 bits per heavy atom. The van der Waals surface area contributed by atoms with Crippen LogP contribution in [0, 0.1) is 5.92 Å². The Hall–Kier alpha value is -0.900. The summed E-state index contributed by atoms with van der Waals surface area (Å²) in [5, 5.41) is 0. The number of methoxy groups -OCH3 is 1. The fourth-order valence-corrected chi connectivity index (χ4v) is 2.61. The highest BCUT2D eigenvalue weighted by Gasteiger charge is 2.47. The van der Waals surface area contributed by atoms with Crippen LogP contribution in [0.25, 0.3) is 0 Å². The number of esters is 1. The van der Waals surface area contributed by atoms with Gasteiger partial charge in [-0.05, 0) is 26.3 Å². The molecule has 2 heterocycles. The van der Waals surface area contributed by atoms with Crippen molar-refractivity contribution < 1.29 is 14.3 Å². The van der Waals surface area contributed by atoms with Crippen LogP contribution in [0.15, 0.2) is 0 Å². The van der Waals surface area contributed by atoms with E-state index in [9.17, 15) is 9.59 Å². The largest absolute Gasteiger partial charge is 0.468 e. The van der Waals surface area contributed by atoms with Crippen molar-refractivity contribution in [3.05, 3.63) is 0 Å². The summed E-state index contributed by atoms with van der Waals surface area (Å²) >= 11 is 0. The minimum absolute atomic E-state index is 0.0437. The molecule has 0 spiro atoms. The lowest BCUT2D eigenvalue weighted by Gasteiger charge is -2.33. The smallest absolute Gasteiger partial charge is 0.316 e. The summed E-state index contributed by atoms with van der Waals surface area (Å²) in [5.41, 5.74) is 0. The summed E-state index contributed by atoms with van der Waals surface area (Å²) in [6, 6.07) is 0.347. The lowest BCUT2D eigenvalue weighted by atomic mass is 9.90. The highest BCUT2D eigenvalue weighted by molar-refractivity contribution is 6.02. The molecular formula is C10H15NO3. The Morgan fingerprint density at radius 1 is 1.50 bits per heavy atom. The summed E-state index contributed by atoms with van der Waals surface area (Å²) in [6.45, 7) is 0. The van der Waals surface area contributed by atoms with Gasteiger partial charge in [-0.25, -0.2) is 0 Å². The normalized spacial score (nSPS) is 37.3. The highest BCUT2D eigenvalue weighted by atomic mass is 16.5. The molecule has 3 unspecified atom stereocenters. The monoisotopic (exact) mass is 197 g/mol. The molecule has 0 radical (unpaired) electrons. The van der Waals surface area contributed by atoms with E-state index < -0.39 is 5.92 Å². The molecule has 2 saturated heterocycles. The van der Waals surface area contributed by atoms with Crippen LogP contribution in [0.5, 0.6) is 0 Å². The van der Waals surface area contributed by atoms with E-state index in [0.29, 0.717) is 12.5 Å². The van der Waals surface area contributed by atoms with Crippen LogP contribution >= 0.6 is 0 Å². The molecule has 0 saturated carbocycles. The van der Waals surface area contributed by atoms with E-state index in [0.717, 1.165) is 12.8 Å². The molecule has 14 heavy (non-hydrogen) atoms. The Balaban J connectivity index is 2.18. The second kappa shape index (κ2) is 3.35. The molecule has 0 aromatic rings. The molecule has 78 valence electrons. The number of ether oxygens (including phenoxy) is 1. The second-order valence-electron chi connectivity index (χ2n) is 4.13. The zero-order valence-corrected chi connectivity index (χ0v) is 8.53. The lowest BCUT2D eigenvalue weighted by Crippen LogP contribution is -2.49. The number of likely N-dealkylation sites (N-methyl/N-ethyl adjacent to an activating group) is 1. The van der Waals surface area contributed by atoms with Crippen molar-refractivity contribution in [2.75, 3.05) is 14.2 Å². The summed E-state index contributed by atoms with van der Waals surface area (Å²) in [6.07, 6.45) is 2.56. The highest BCUT2D eigenvalue weighted by Crippen LogP contribution is 2.35. The zero-order chi connectivity index (χ0) is 10.3. The van der Waals surface area contributed by atoms with Crippen LogP contribution in [0.4, 0.5) is 0 Å². The number of ketones is 1. The minimum atomic E-state index is -0.506. The van der Waals surface area contributed by atoms with Gasteiger partial charge >= 0.3 is 5.97 Å². The van der Waals surface area contributed by atoms with Crippen molar-refractivity contribution >= 4 is 11.8 Å². The summed E-state index contributed by atoms with van der Waals surface area (Å²) in [4.78, 5) is 25.3. The van der Waals surface area contributed by atoms with E-state index >= 15 is 0 Å². The number of fused-ring (bicyclic) bond motifs is 2. The van der Waals surface area contributed by atoms with Gasteiger partial charge in [0.05, 0.1) is 13.2 Å². The minimum Gasteiger partial charge on any atom is -0.468 e. The molecule has 0 amide bonds. The molecule has 2 rings (SSSR count). The van der Waals surface area contributed by atoms with E-state index in [2.05, 4.69) is 9.64 Å². The van der Waals surface area contributed by atoms with Crippen molar-refractivity contribution in [1.29, 1.82) is 0 Å². The van der Waals surface area contributed by atoms with Crippen LogP contribution in [-0.4, -0.2) is 42.9 Å². The van der Waals surface area contributed by atoms with E-state index in [1.807, 2.05) is 7.05 Å². The molecular weight excluding hydrogens is 182 g/mol. The maximum atomic E-state index is 11.9. The van der Waals surface area contributed by atoms with Crippen LogP contribution in [0.3, 0.4) is 0 Å². The van der Waals surface area contributed by atoms with Crippen molar-refractivity contribution in [3.63, 3.8) is 0 Å². The quantitative estimate of drug-likeness (QED) is 0.445. The predicted molar refractivity (Wildman–Crippen MR) is 49.7 cm³/mol. The topological polar surface area (TPSA) is 46.6 Å². The summed E-state index contributed by atoms with van der Waals surface area (Å²) in [7, 11) is 3.31. The average molecular weight is 197 g/mol. The molecule has 3 atom stereocenters. The van der Waals surface area contributed by atoms with Crippen LogP contribution in [0.2, 0.25) is 0 Å². The maximum Gasteiger partial charge on any atom is 0.316 e. The summed E-state index contributed by atoms with van der Waals surface area (Å²) < 4.78 is 4.64. The number of hydrogen-bond donors (Lipinski definition) is 0. The molecule has 0 aromatic carbocycles. The third-order valence-corrected chi connectivity index (χ3v) is 3.51. The molecule has 0 N–H and O–H groups in total. The number of nitrogens with zero attached hydrogens (tertiary/aromatic N) is 1. The fraction of sp³-hybridized carbons (Fsp3) is 0.800. The molecule has 4 heteroatoms. The Bertz CT molecular complexity index is 277. The molecule has 0 aromatic heterocycles. The van der Waals surface area contributed by atoms with E-state index in [1.54, 1.807) is 0 Å². The van der Waals surface area contributed by atoms with Crippen LogP contribution in [0.1, 0.15) is 19.3 Å². The van der Waals surface area contributed by atoms with Gasteiger partial charge in [0.25, 0.3) is 0 Å². The summed E-state index contributed by atoms with van der Waals surface area (Å²) in [5.74, 6) is -0.818. The number of carbonyl (C=O) groups is 2. The SMILES string of the molecule is COC(=O)C1CC2CCC(C1=O)N2C. The van der Waals surface area contributed by atoms with E-state index in [-0.39, 0.29) is 17.8 Å². The molecule has 2 fully saturated rings. The molecule has 2 bridgehead atoms. The third kappa shape index (κ3) is 1.25. The van der Waals surface area contributed by atoms with E-state index in [1.165, 1.54) is 7.11 Å². The number of carbonyl (C=O) groups excluding carboxylic acids is 2. The van der Waals surface area contributed by atoms with Gasteiger partial charge in [0, 0.05) is 6.04 Å². The van der Waals surface area contributed by atoms with Gasteiger partial charge in [-0.2, -0.15) is 0 Å². The number of Topliss-reactive ketones (excluding diaryl/α,β-unsaturated/α-hetero) is 1. The Morgan fingerprint density at radius 3 is 2.86 bits per heavy atom. The average Bonchev–Trinajstić information content (AvgIpc) is 2.43. The first kappa shape index (κ1) is 9.65. The van der Waals surface area contributed by atoms with Crippen LogP contribution < -0.4 is 0 Å². The van der Waals surface area contributed by atoms with Gasteiger partial charge in [0.15, 0.2) is 5.78 Å². The van der Waals surface area contributed by atoms with Gasteiger partial charge in [0.2, 0.25) is 0 Å². The first-order valence-electron chi connectivity index (χ1n) is 4.98. The molecule has 2 aliphatic heterocycles. The van der Waals surface area contributed by atoms with Gasteiger partial charge < -0.3 is 4.74 Å².